The van der Waals surface area contributed by atoms with Crippen molar-refractivity contribution in [1.82, 2.24) is 4.90 Å². The fourth-order valence-corrected chi connectivity index (χ4v) is 1.38. The summed E-state index contributed by atoms with van der Waals surface area (Å²) in [6.45, 7) is 2.62. The molecule has 0 heterocycles. The highest BCUT2D eigenvalue weighted by Crippen LogP contribution is 2.04. The summed E-state index contributed by atoms with van der Waals surface area (Å²) in [4.78, 5) is 13.6. The Kier molecular flexibility index (Phi) is 4.31. The van der Waals surface area contributed by atoms with Crippen LogP contribution in [0.5, 0.6) is 0 Å². The van der Waals surface area contributed by atoms with Crippen molar-refractivity contribution >= 4 is 5.97 Å². The normalized spacial score (nSPS) is 12.5. The van der Waals surface area contributed by atoms with E-state index in [0.29, 0.717) is 5.56 Å². The molecule has 0 N–H and O–H groups in total. The molecule has 0 aliphatic rings. The Bertz CT molecular complexity index is 309. The zero-order valence-electron chi connectivity index (χ0n) is 9.43. The number of nitrogens with zero attached hydrogens (tertiary/aromatic N) is 1. The third kappa shape index (κ3) is 4.13. The largest absolute Gasteiger partial charge is 0.458 e. The van der Waals surface area contributed by atoms with E-state index in [1.54, 1.807) is 12.1 Å². The quantitative estimate of drug-likeness (QED) is 0.705. The van der Waals surface area contributed by atoms with E-state index < -0.39 is 0 Å². The number of rotatable bonds is 4. The van der Waals surface area contributed by atoms with E-state index in [2.05, 4.69) is 0 Å². The third-order valence-electron chi connectivity index (χ3n) is 1.94. The van der Waals surface area contributed by atoms with Gasteiger partial charge in [-0.25, -0.2) is 4.79 Å². The molecular weight excluding hydrogens is 190 g/mol. The zero-order chi connectivity index (χ0) is 11.3. The molecule has 0 fully saturated rings. The predicted octanol–water partition coefficient (Wildman–Crippen LogP) is 1.79. The predicted molar refractivity (Wildman–Crippen MR) is 59.9 cm³/mol. The topological polar surface area (TPSA) is 29.5 Å². The molecule has 0 aromatic heterocycles. The Morgan fingerprint density at radius 2 is 1.93 bits per heavy atom. The first kappa shape index (κ1) is 11.7. The molecule has 0 saturated carbocycles. The molecule has 0 aliphatic heterocycles. The van der Waals surface area contributed by atoms with Crippen molar-refractivity contribution in [3.8, 4) is 0 Å². The molecule has 0 saturated heterocycles. The average molecular weight is 207 g/mol. The van der Waals surface area contributed by atoms with Gasteiger partial charge >= 0.3 is 5.97 Å². The summed E-state index contributed by atoms with van der Waals surface area (Å²) in [6.07, 6.45) is -0.0901. The summed E-state index contributed by atoms with van der Waals surface area (Å²) >= 11 is 0. The van der Waals surface area contributed by atoms with E-state index in [4.69, 9.17) is 4.74 Å². The molecule has 1 unspecified atom stereocenters. The lowest BCUT2D eigenvalue weighted by molar-refractivity contribution is 0.0289. The SMILES string of the molecule is CC(CN(C)C)OC(=O)c1ccccc1. The fourth-order valence-electron chi connectivity index (χ4n) is 1.38. The van der Waals surface area contributed by atoms with Crippen LogP contribution in [0.2, 0.25) is 0 Å². The van der Waals surface area contributed by atoms with Crippen molar-refractivity contribution in [1.29, 1.82) is 0 Å². The zero-order valence-corrected chi connectivity index (χ0v) is 9.43. The standard InChI is InChI=1S/C12H17NO2/c1-10(9-13(2)3)15-12(14)11-7-5-4-6-8-11/h4-8,10H,9H2,1-3H3. The first-order valence-corrected chi connectivity index (χ1v) is 5.00. The molecule has 0 aliphatic carbocycles. The van der Waals surface area contributed by atoms with Gasteiger partial charge in [0.15, 0.2) is 0 Å². The Labute approximate surface area is 90.7 Å². The van der Waals surface area contributed by atoms with Crippen molar-refractivity contribution in [3.05, 3.63) is 35.9 Å². The van der Waals surface area contributed by atoms with E-state index in [1.807, 2.05) is 44.1 Å². The molecule has 15 heavy (non-hydrogen) atoms. The number of ether oxygens (including phenoxy) is 1. The van der Waals surface area contributed by atoms with Crippen LogP contribution in [0.15, 0.2) is 30.3 Å². The molecule has 3 nitrogen and oxygen atoms in total. The first-order chi connectivity index (χ1) is 7.09. The highest BCUT2D eigenvalue weighted by Gasteiger charge is 2.11. The van der Waals surface area contributed by atoms with Gasteiger partial charge in [0.1, 0.15) is 6.10 Å². The minimum atomic E-state index is -0.259. The number of carbonyl (C=O) groups is 1. The van der Waals surface area contributed by atoms with Crippen molar-refractivity contribution in [2.45, 2.75) is 13.0 Å². The number of hydrogen-bond acceptors (Lipinski definition) is 3. The van der Waals surface area contributed by atoms with Crippen LogP contribution in [0, 0.1) is 0 Å². The van der Waals surface area contributed by atoms with Gasteiger partial charge in [0.05, 0.1) is 5.56 Å². The van der Waals surface area contributed by atoms with Crippen LogP contribution in [-0.4, -0.2) is 37.6 Å². The van der Waals surface area contributed by atoms with E-state index >= 15 is 0 Å². The first-order valence-electron chi connectivity index (χ1n) is 5.00. The van der Waals surface area contributed by atoms with E-state index in [9.17, 15) is 4.79 Å². The average Bonchev–Trinajstić information content (AvgIpc) is 2.17. The molecule has 0 spiro atoms. The van der Waals surface area contributed by atoms with Crippen LogP contribution in [0.3, 0.4) is 0 Å². The highest BCUT2D eigenvalue weighted by molar-refractivity contribution is 5.89. The van der Waals surface area contributed by atoms with Gasteiger partial charge in [-0.15, -0.1) is 0 Å². The lowest BCUT2D eigenvalue weighted by atomic mass is 10.2. The summed E-state index contributed by atoms with van der Waals surface area (Å²) in [7, 11) is 3.90. The van der Waals surface area contributed by atoms with Gasteiger partial charge in [-0.05, 0) is 33.2 Å². The minimum absolute atomic E-state index is 0.0901. The van der Waals surface area contributed by atoms with Crippen LogP contribution in [0.4, 0.5) is 0 Å². The smallest absolute Gasteiger partial charge is 0.338 e. The minimum Gasteiger partial charge on any atom is -0.458 e. The maximum absolute atomic E-state index is 11.6. The Balaban J connectivity index is 2.49. The van der Waals surface area contributed by atoms with Crippen molar-refractivity contribution in [2.75, 3.05) is 20.6 Å². The van der Waals surface area contributed by atoms with Gasteiger partial charge in [0.25, 0.3) is 0 Å². The molecule has 1 rings (SSSR count). The number of hydrogen-bond donors (Lipinski definition) is 0. The molecule has 0 radical (unpaired) electrons. The summed E-state index contributed by atoms with van der Waals surface area (Å²) in [5, 5.41) is 0. The number of likely N-dealkylation sites (N-methyl/N-ethyl adjacent to an activating group) is 1. The lowest BCUT2D eigenvalue weighted by Gasteiger charge is -2.17. The fraction of sp³-hybridized carbons (Fsp3) is 0.417. The molecular formula is C12H17NO2. The van der Waals surface area contributed by atoms with Gasteiger partial charge in [0, 0.05) is 6.54 Å². The van der Waals surface area contributed by atoms with Crippen LogP contribution in [0.25, 0.3) is 0 Å². The second kappa shape index (κ2) is 5.51. The van der Waals surface area contributed by atoms with Crippen molar-refractivity contribution in [2.24, 2.45) is 0 Å². The second-order valence-electron chi connectivity index (χ2n) is 3.84. The van der Waals surface area contributed by atoms with Crippen LogP contribution >= 0.6 is 0 Å². The summed E-state index contributed by atoms with van der Waals surface area (Å²) in [5.74, 6) is -0.259. The van der Waals surface area contributed by atoms with Gasteiger partial charge in [-0.2, -0.15) is 0 Å². The van der Waals surface area contributed by atoms with Crippen LogP contribution in [-0.2, 0) is 4.74 Å². The number of carbonyl (C=O) groups excluding carboxylic acids is 1. The van der Waals surface area contributed by atoms with Gasteiger partial charge in [-0.1, -0.05) is 18.2 Å². The van der Waals surface area contributed by atoms with Crippen LogP contribution in [0.1, 0.15) is 17.3 Å². The molecule has 1 aromatic carbocycles. The maximum Gasteiger partial charge on any atom is 0.338 e. The summed E-state index contributed by atoms with van der Waals surface area (Å²) in [6, 6.07) is 9.04. The van der Waals surface area contributed by atoms with Gasteiger partial charge in [-0.3, -0.25) is 0 Å². The summed E-state index contributed by atoms with van der Waals surface area (Å²) in [5.41, 5.74) is 0.600. The van der Waals surface area contributed by atoms with E-state index in [1.165, 1.54) is 0 Å². The molecule has 3 heteroatoms. The Morgan fingerprint density at radius 3 is 2.47 bits per heavy atom. The van der Waals surface area contributed by atoms with Gasteiger partial charge < -0.3 is 9.64 Å². The van der Waals surface area contributed by atoms with Gasteiger partial charge in [0.2, 0.25) is 0 Å². The van der Waals surface area contributed by atoms with Crippen LogP contribution < -0.4 is 0 Å². The lowest BCUT2D eigenvalue weighted by Crippen LogP contribution is -2.27. The Hall–Kier alpha value is -1.35. The molecule has 82 valence electrons. The number of esters is 1. The monoisotopic (exact) mass is 207 g/mol. The molecule has 0 bridgehead atoms. The van der Waals surface area contributed by atoms with Crippen molar-refractivity contribution < 1.29 is 9.53 Å². The third-order valence-corrected chi connectivity index (χ3v) is 1.94. The number of benzene rings is 1. The second-order valence-corrected chi connectivity index (χ2v) is 3.84. The van der Waals surface area contributed by atoms with E-state index in [-0.39, 0.29) is 12.1 Å². The highest BCUT2D eigenvalue weighted by atomic mass is 16.5. The maximum atomic E-state index is 11.6. The molecule has 1 atom stereocenters. The molecule has 0 amide bonds. The Morgan fingerprint density at radius 1 is 1.33 bits per heavy atom. The van der Waals surface area contributed by atoms with Crippen molar-refractivity contribution in [3.63, 3.8) is 0 Å². The molecule has 1 aromatic rings. The van der Waals surface area contributed by atoms with E-state index in [0.717, 1.165) is 6.54 Å². The summed E-state index contributed by atoms with van der Waals surface area (Å²) < 4.78 is 5.27.